The maximum absolute atomic E-state index is 10.4. The number of rotatable bonds is 24. The van der Waals surface area contributed by atoms with Gasteiger partial charge in [-0.25, -0.2) is 13.7 Å². The van der Waals surface area contributed by atoms with Crippen molar-refractivity contribution in [1.82, 2.24) is 0 Å². The van der Waals surface area contributed by atoms with Gasteiger partial charge in [-0.2, -0.15) is 8.62 Å². The zero-order chi connectivity index (χ0) is 29.6. The summed E-state index contributed by atoms with van der Waals surface area (Å²) in [5, 5.41) is 27.6. The molecule has 0 bridgehead atoms. The van der Waals surface area contributed by atoms with Crippen molar-refractivity contribution in [1.29, 1.82) is 0 Å². The normalized spacial score (nSPS) is 12.9. The van der Waals surface area contributed by atoms with E-state index in [9.17, 15) is 29.0 Å². The Kier molecular flexibility index (Phi) is 24.3. The first-order chi connectivity index (χ1) is 17.7. The summed E-state index contributed by atoms with van der Waals surface area (Å²) in [6.45, 7) is 2.37. The lowest BCUT2D eigenvalue weighted by Gasteiger charge is -2.26. The number of aliphatic hydroxyl groups excluding tert-OH is 3. The molecule has 232 valence electrons. The van der Waals surface area contributed by atoms with Crippen LogP contribution in [-0.4, -0.2) is 72.8 Å². The number of unbranched alkanes of at least 4 members (excludes halogenated alkanes) is 13. The monoisotopic (exact) mass is 618 g/mol. The lowest BCUT2D eigenvalue weighted by atomic mass is 9.93. The Labute approximate surface area is 225 Å². The first-order valence-corrected chi connectivity index (χ1v) is 17.5. The quantitative estimate of drug-likeness (QED) is 0.0568. The summed E-state index contributed by atoms with van der Waals surface area (Å²) in [7, 11) is -16.2. The Morgan fingerprint density at radius 3 is 1.16 bits per heavy atom. The highest BCUT2D eigenvalue weighted by Crippen LogP contribution is 2.64. The average molecular weight is 619 g/mol. The molecule has 0 atom stereocenters. The number of ether oxygens (including phenoxy) is 1. The Morgan fingerprint density at radius 1 is 0.553 bits per heavy atom. The van der Waals surface area contributed by atoms with Crippen molar-refractivity contribution in [3.05, 3.63) is 0 Å². The molecule has 0 aliphatic carbocycles. The molecule has 0 aromatic carbocycles. The van der Waals surface area contributed by atoms with E-state index in [0.29, 0.717) is 6.61 Å². The molecule has 0 aliphatic rings. The molecule has 38 heavy (non-hydrogen) atoms. The van der Waals surface area contributed by atoms with Gasteiger partial charge in [0, 0.05) is 6.61 Å². The van der Waals surface area contributed by atoms with Gasteiger partial charge in [0.1, 0.15) is 0 Å². The van der Waals surface area contributed by atoms with Crippen LogP contribution in [0.1, 0.15) is 96.8 Å². The number of aliphatic hydroxyl groups is 3. The van der Waals surface area contributed by atoms with Crippen LogP contribution in [0.5, 0.6) is 0 Å². The van der Waals surface area contributed by atoms with E-state index in [-0.39, 0.29) is 26.4 Å². The summed E-state index contributed by atoms with van der Waals surface area (Å²) >= 11 is 0. The molecule has 0 amide bonds. The fourth-order valence-corrected chi connectivity index (χ4v) is 5.80. The lowest BCUT2D eigenvalue weighted by molar-refractivity contribution is -0.0582. The summed E-state index contributed by atoms with van der Waals surface area (Å²) in [4.78, 5) is 40.2. The van der Waals surface area contributed by atoms with E-state index in [4.69, 9.17) is 29.2 Å². The van der Waals surface area contributed by atoms with Crippen LogP contribution in [0, 0.1) is 5.41 Å². The molecule has 8 N–H and O–H groups in total. The molecule has 0 aliphatic heterocycles. The second kappa shape index (κ2) is 22.9. The highest BCUT2D eigenvalue weighted by Gasteiger charge is 2.38. The standard InChI is InChI=1S/C21H44O4.H5O10P3/c1-2-3-4-5-6-7-8-9-10-11-12-13-14-15-16-25-20-21(17-22,18-23)19-24;1-11(2,3)9-13(7,8)10-12(4,5)6/h22-24H,2-20H2,1H3;(H,7,8)(H2,1,2,3)(H2,4,5,6). The third-order valence-corrected chi connectivity index (χ3v) is 8.83. The maximum atomic E-state index is 10.4. The second-order valence-corrected chi connectivity index (χ2v) is 13.4. The van der Waals surface area contributed by atoms with Crippen LogP contribution in [0.25, 0.3) is 0 Å². The highest BCUT2D eigenvalue weighted by molar-refractivity contribution is 7.66. The third-order valence-electron chi connectivity index (χ3n) is 5.48. The van der Waals surface area contributed by atoms with Crippen LogP contribution in [0.15, 0.2) is 0 Å². The predicted octanol–water partition coefficient (Wildman–Crippen LogP) is 3.75. The van der Waals surface area contributed by atoms with E-state index in [1.54, 1.807) is 0 Å². The molecule has 0 aromatic heterocycles. The molecule has 0 radical (unpaired) electrons. The molecule has 17 heteroatoms. The van der Waals surface area contributed by atoms with Crippen molar-refractivity contribution in [2.45, 2.75) is 96.8 Å². The molecule has 0 aromatic rings. The zero-order valence-corrected chi connectivity index (χ0v) is 25.0. The summed E-state index contributed by atoms with van der Waals surface area (Å²) in [5.41, 5.74) is -0.893. The molecule has 0 unspecified atom stereocenters. The molecule has 0 heterocycles. The van der Waals surface area contributed by atoms with E-state index in [1.165, 1.54) is 83.5 Å². The molecule has 0 saturated heterocycles. The number of hydrogen-bond donors (Lipinski definition) is 8. The van der Waals surface area contributed by atoms with Gasteiger partial charge in [0.2, 0.25) is 0 Å². The van der Waals surface area contributed by atoms with Crippen LogP contribution in [0.4, 0.5) is 0 Å². The fraction of sp³-hybridized carbons (Fsp3) is 1.00. The van der Waals surface area contributed by atoms with Gasteiger partial charge >= 0.3 is 23.5 Å². The van der Waals surface area contributed by atoms with Gasteiger partial charge in [-0.1, -0.05) is 90.4 Å². The fourth-order valence-electron chi connectivity index (χ4n) is 3.26. The van der Waals surface area contributed by atoms with E-state index in [2.05, 4.69) is 15.5 Å². The molecule has 14 nitrogen and oxygen atoms in total. The van der Waals surface area contributed by atoms with Crippen LogP contribution >= 0.6 is 23.5 Å². The van der Waals surface area contributed by atoms with E-state index in [1.807, 2.05) is 0 Å². The van der Waals surface area contributed by atoms with Gasteiger partial charge in [0.15, 0.2) is 0 Å². The van der Waals surface area contributed by atoms with Crippen molar-refractivity contribution >= 4 is 23.5 Å². The van der Waals surface area contributed by atoms with Crippen LogP contribution in [0.3, 0.4) is 0 Å². The van der Waals surface area contributed by atoms with Crippen molar-refractivity contribution in [2.75, 3.05) is 33.0 Å². The molecule has 0 saturated carbocycles. The Balaban J connectivity index is 0. The summed E-state index contributed by atoms with van der Waals surface area (Å²) in [6.07, 6.45) is 18.7. The molecular formula is C21H49O14P3. The minimum Gasteiger partial charge on any atom is -0.396 e. The molecule has 0 spiro atoms. The smallest absolute Gasteiger partial charge is 0.396 e. The van der Waals surface area contributed by atoms with Crippen molar-refractivity contribution < 1.29 is 66.8 Å². The topological polar surface area (TPSA) is 241 Å². The predicted molar refractivity (Wildman–Crippen MR) is 141 cm³/mol. The summed E-state index contributed by atoms with van der Waals surface area (Å²) in [5.74, 6) is 0. The van der Waals surface area contributed by atoms with E-state index < -0.39 is 28.9 Å². The van der Waals surface area contributed by atoms with Crippen LogP contribution in [0.2, 0.25) is 0 Å². The Bertz CT molecular complexity index is 656. The maximum Gasteiger partial charge on any atom is 0.490 e. The Hall–Kier alpha value is 0.250. The minimum atomic E-state index is -5.46. The van der Waals surface area contributed by atoms with Gasteiger partial charge in [-0.15, -0.1) is 0 Å². The second-order valence-electron chi connectivity index (χ2n) is 9.24. The van der Waals surface area contributed by atoms with Crippen molar-refractivity contribution in [3.63, 3.8) is 0 Å². The first-order valence-electron chi connectivity index (χ1n) is 12.9. The van der Waals surface area contributed by atoms with Gasteiger partial charge in [-0.3, -0.25) is 0 Å². The zero-order valence-electron chi connectivity index (χ0n) is 22.3. The van der Waals surface area contributed by atoms with Crippen molar-refractivity contribution in [3.8, 4) is 0 Å². The van der Waals surface area contributed by atoms with Gasteiger partial charge in [0.05, 0.1) is 31.8 Å². The SMILES string of the molecule is CCCCCCCCCCCCCCCCOCC(CO)(CO)CO.O=P(O)(O)OP(=O)(O)OP(=O)(O)O. The lowest BCUT2D eigenvalue weighted by Crippen LogP contribution is -2.38. The van der Waals surface area contributed by atoms with Crippen molar-refractivity contribution in [2.24, 2.45) is 5.41 Å². The third kappa shape index (κ3) is 27.8. The first kappa shape index (κ1) is 40.4. The molecule has 0 fully saturated rings. The minimum absolute atomic E-state index is 0.217. The van der Waals surface area contributed by atoms with E-state index >= 15 is 0 Å². The highest BCUT2D eigenvalue weighted by atomic mass is 31.3. The van der Waals surface area contributed by atoms with Gasteiger partial charge < -0.3 is 44.5 Å². The van der Waals surface area contributed by atoms with E-state index in [0.717, 1.165) is 6.42 Å². The summed E-state index contributed by atoms with van der Waals surface area (Å²) in [6, 6.07) is 0. The van der Waals surface area contributed by atoms with Crippen LogP contribution in [-0.2, 0) is 27.1 Å². The number of phosphoric acid groups is 3. The molecule has 0 rings (SSSR count). The summed E-state index contributed by atoms with van der Waals surface area (Å²) < 4.78 is 41.9. The average Bonchev–Trinajstić information content (AvgIpc) is 2.79. The largest absolute Gasteiger partial charge is 0.490 e. The molecular weight excluding hydrogens is 569 g/mol. The van der Waals surface area contributed by atoms with Gasteiger partial charge in [0.25, 0.3) is 0 Å². The van der Waals surface area contributed by atoms with Crippen LogP contribution < -0.4 is 0 Å². The number of hydrogen-bond acceptors (Lipinski definition) is 9. The Morgan fingerprint density at radius 2 is 0.868 bits per heavy atom. The van der Waals surface area contributed by atoms with Gasteiger partial charge in [-0.05, 0) is 6.42 Å².